The fraction of sp³-hybridized carbons (Fsp3) is 0.556. The zero-order valence-electron chi connectivity index (χ0n) is 13.9. The molecule has 1 aromatic carbocycles. The lowest BCUT2D eigenvalue weighted by Crippen LogP contribution is -2.35. The first kappa shape index (κ1) is 16.1. The first-order valence-electron chi connectivity index (χ1n) is 8.60. The monoisotopic (exact) mass is 314 g/mol. The Morgan fingerprint density at radius 2 is 2.00 bits per heavy atom. The van der Waals surface area contributed by atoms with Crippen molar-refractivity contribution in [3.8, 4) is 11.4 Å². The van der Waals surface area contributed by atoms with Crippen molar-refractivity contribution in [2.45, 2.75) is 25.7 Å². The molecule has 2 aromatic rings. The summed E-state index contributed by atoms with van der Waals surface area (Å²) in [5.41, 5.74) is 1.01. The minimum absolute atomic E-state index is 0.686. The molecule has 1 saturated heterocycles. The summed E-state index contributed by atoms with van der Waals surface area (Å²) in [6.07, 6.45) is 4.75. The van der Waals surface area contributed by atoms with Gasteiger partial charge in [0.25, 0.3) is 0 Å². The van der Waals surface area contributed by atoms with Gasteiger partial charge >= 0.3 is 0 Å². The molecule has 1 aliphatic heterocycles. The van der Waals surface area contributed by atoms with Crippen LogP contribution in [0.4, 0.5) is 0 Å². The van der Waals surface area contributed by atoms with Gasteiger partial charge in [-0.05, 0) is 51.9 Å². The van der Waals surface area contributed by atoms with Crippen LogP contribution in [0.2, 0.25) is 0 Å². The topological polar surface area (TPSA) is 54.2 Å². The van der Waals surface area contributed by atoms with Crippen LogP contribution < -0.4 is 5.32 Å². The normalized spacial score (nSPS) is 16.7. The largest absolute Gasteiger partial charge is 0.339 e. The Morgan fingerprint density at radius 3 is 2.74 bits per heavy atom. The highest BCUT2D eigenvalue weighted by molar-refractivity contribution is 5.53. The van der Waals surface area contributed by atoms with Crippen molar-refractivity contribution in [1.29, 1.82) is 0 Å². The van der Waals surface area contributed by atoms with Crippen LogP contribution in [0.3, 0.4) is 0 Å². The van der Waals surface area contributed by atoms with Gasteiger partial charge in [-0.3, -0.25) is 0 Å². The van der Waals surface area contributed by atoms with E-state index in [-0.39, 0.29) is 0 Å². The third-order valence-electron chi connectivity index (χ3n) is 4.65. The number of rotatable bonds is 7. The van der Waals surface area contributed by atoms with Crippen LogP contribution >= 0.6 is 0 Å². The summed E-state index contributed by atoms with van der Waals surface area (Å²) in [7, 11) is 2.03. The molecule has 0 spiro atoms. The molecule has 0 atom stereocenters. The van der Waals surface area contributed by atoms with Crippen LogP contribution in [0.15, 0.2) is 34.9 Å². The van der Waals surface area contributed by atoms with E-state index in [1.165, 1.54) is 32.4 Å². The van der Waals surface area contributed by atoms with Gasteiger partial charge in [-0.2, -0.15) is 4.98 Å². The highest BCUT2D eigenvalue weighted by Gasteiger charge is 2.19. The smallest absolute Gasteiger partial charge is 0.228 e. The van der Waals surface area contributed by atoms with Crippen LogP contribution in [0.25, 0.3) is 11.4 Å². The molecular formula is C18H26N4O. The Morgan fingerprint density at radius 1 is 1.22 bits per heavy atom. The predicted octanol–water partition coefficient (Wildman–Crippen LogP) is 2.60. The highest BCUT2D eigenvalue weighted by atomic mass is 16.5. The molecule has 0 radical (unpaired) electrons. The number of hydrogen-bond donors (Lipinski definition) is 1. The summed E-state index contributed by atoms with van der Waals surface area (Å²) in [6, 6.07) is 9.98. The van der Waals surface area contributed by atoms with Gasteiger partial charge in [0.05, 0.1) is 0 Å². The van der Waals surface area contributed by atoms with E-state index in [0.29, 0.717) is 5.82 Å². The Hall–Kier alpha value is -1.72. The zero-order valence-corrected chi connectivity index (χ0v) is 13.9. The van der Waals surface area contributed by atoms with Gasteiger partial charge in [-0.25, -0.2) is 0 Å². The number of likely N-dealkylation sites (tertiary alicyclic amines) is 1. The van der Waals surface area contributed by atoms with Gasteiger partial charge in [-0.1, -0.05) is 35.5 Å². The third kappa shape index (κ3) is 4.62. The lowest BCUT2D eigenvalue weighted by Gasteiger charge is -2.31. The molecule has 1 aromatic heterocycles. The molecule has 1 fully saturated rings. The summed E-state index contributed by atoms with van der Waals surface area (Å²) < 4.78 is 5.39. The highest BCUT2D eigenvalue weighted by Crippen LogP contribution is 2.20. The molecule has 5 heteroatoms. The number of hydrogen-bond acceptors (Lipinski definition) is 5. The lowest BCUT2D eigenvalue weighted by atomic mass is 9.93. The van der Waals surface area contributed by atoms with E-state index < -0.39 is 0 Å². The molecule has 0 bridgehead atoms. The summed E-state index contributed by atoms with van der Waals surface area (Å²) in [6.45, 7) is 4.52. The van der Waals surface area contributed by atoms with Crippen LogP contribution in [-0.4, -0.2) is 48.3 Å². The Labute approximate surface area is 138 Å². The second-order valence-electron chi connectivity index (χ2n) is 6.30. The molecule has 124 valence electrons. The average Bonchev–Trinajstić information content (AvgIpc) is 3.09. The standard InChI is InChI=1S/C18H26N4O/c1-19-11-7-15-8-12-22(13-9-15)14-10-17-20-18(21-23-17)16-5-3-2-4-6-16/h2-6,15,19H,7-14H2,1H3. The number of nitrogens with one attached hydrogen (secondary N) is 1. The molecule has 1 N–H and O–H groups in total. The maximum Gasteiger partial charge on any atom is 0.228 e. The summed E-state index contributed by atoms with van der Waals surface area (Å²) in [5, 5.41) is 7.33. The second kappa shape index (κ2) is 8.22. The van der Waals surface area contributed by atoms with E-state index >= 15 is 0 Å². The third-order valence-corrected chi connectivity index (χ3v) is 4.65. The van der Waals surface area contributed by atoms with Crippen molar-refractivity contribution < 1.29 is 4.52 Å². The summed E-state index contributed by atoms with van der Waals surface area (Å²) in [4.78, 5) is 7.02. The average molecular weight is 314 g/mol. The molecule has 0 saturated carbocycles. The summed E-state index contributed by atoms with van der Waals surface area (Å²) in [5.74, 6) is 2.30. The molecule has 1 aliphatic rings. The molecule has 2 heterocycles. The van der Waals surface area contributed by atoms with Gasteiger partial charge < -0.3 is 14.7 Å². The van der Waals surface area contributed by atoms with Crippen molar-refractivity contribution in [2.75, 3.05) is 33.2 Å². The molecular weight excluding hydrogens is 288 g/mol. The molecule has 0 amide bonds. The van der Waals surface area contributed by atoms with E-state index in [0.717, 1.165) is 36.9 Å². The minimum atomic E-state index is 0.686. The van der Waals surface area contributed by atoms with Gasteiger partial charge in [0.2, 0.25) is 11.7 Å². The maximum atomic E-state index is 5.39. The van der Waals surface area contributed by atoms with Crippen molar-refractivity contribution in [1.82, 2.24) is 20.4 Å². The predicted molar refractivity (Wildman–Crippen MR) is 91.1 cm³/mol. The quantitative estimate of drug-likeness (QED) is 0.851. The van der Waals surface area contributed by atoms with Crippen molar-refractivity contribution in [3.63, 3.8) is 0 Å². The fourth-order valence-corrected chi connectivity index (χ4v) is 3.16. The Kier molecular flexibility index (Phi) is 5.77. The van der Waals surface area contributed by atoms with Crippen LogP contribution in [0.5, 0.6) is 0 Å². The van der Waals surface area contributed by atoms with Crippen LogP contribution in [0.1, 0.15) is 25.2 Å². The van der Waals surface area contributed by atoms with Gasteiger partial charge in [0, 0.05) is 18.5 Å². The molecule has 5 nitrogen and oxygen atoms in total. The SMILES string of the molecule is CNCCC1CCN(CCc2nc(-c3ccccc3)no2)CC1. The van der Waals surface area contributed by atoms with E-state index in [2.05, 4.69) is 20.4 Å². The van der Waals surface area contributed by atoms with E-state index in [1.807, 2.05) is 37.4 Å². The van der Waals surface area contributed by atoms with Crippen molar-refractivity contribution >= 4 is 0 Å². The second-order valence-corrected chi connectivity index (χ2v) is 6.30. The van der Waals surface area contributed by atoms with Gasteiger partial charge in [0.15, 0.2) is 0 Å². The van der Waals surface area contributed by atoms with Crippen LogP contribution in [0, 0.1) is 5.92 Å². The van der Waals surface area contributed by atoms with Gasteiger partial charge in [0.1, 0.15) is 0 Å². The maximum absolute atomic E-state index is 5.39. The van der Waals surface area contributed by atoms with Gasteiger partial charge in [-0.15, -0.1) is 0 Å². The summed E-state index contributed by atoms with van der Waals surface area (Å²) >= 11 is 0. The lowest BCUT2D eigenvalue weighted by molar-refractivity contribution is 0.176. The first-order valence-corrected chi connectivity index (χ1v) is 8.60. The Bertz CT molecular complexity index is 576. The Balaban J connectivity index is 1.44. The molecule has 3 rings (SSSR count). The van der Waals surface area contributed by atoms with Crippen molar-refractivity contribution in [2.24, 2.45) is 5.92 Å². The number of piperidine rings is 1. The number of benzene rings is 1. The molecule has 23 heavy (non-hydrogen) atoms. The minimum Gasteiger partial charge on any atom is -0.339 e. The van der Waals surface area contributed by atoms with E-state index in [9.17, 15) is 0 Å². The number of nitrogens with zero attached hydrogens (tertiary/aromatic N) is 3. The van der Waals surface area contributed by atoms with Crippen molar-refractivity contribution in [3.05, 3.63) is 36.2 Å². The first-order chi connectivity index (χ1) is 11.3. The van der Waals surface area contributed by atoms with Crippen LogP contribution in [-0.2, 0) is 6.42 Å². The van der Waals surface area contributed by atoms with E-state index in [4.69, 9.17) is 4.52 Å². The number of aromatic nitrogens is 2. The van der Waals surface area contributed by atoms with E-state index in [1.54, 1.807) is 0 Å². The molecule has 0 aliphatic carbocycles. The fourth-order valence-electron chi connectivity index (χ4n) is 3.16. The molecule has 0 unspecified atom stereocenters. The zero-order chi connectivity index (χ0) is 15.9.